The molecule has 94 valence electrons. The number of carbonyl (C=O) groups excluding carboxylic acids is 2. The largest absolute Gasteiger partial charge is 0.417 e. The van der Waals surface area contributed by atoms with Crippen LogP contribution >= 0.6 is 15.9 Å². The van der Waals surface area contributed by atoms with Crippen LogP contribution in [0.1, 0.15) is 31.8 Å². The summed E-state index contributed by atoms with van der Waals surface area (Å²) in [6.45, 7) is 0. The third-order valence-corrected chi connectivity index (χ3v) is 2.69. The molecule has 0 fully saturated rings. The van der Waals surface area contributed by atoms with E-state index in [0.717, 1.165) is 6.07 Å². The minimum absolute atomic E-state index is 0.240. The normalized spacial score (nSPS) is 10.8. The van der Waals surface area contributed by atoms with Gasteiger partial charge in [0.25, 0.3) is 0 Å². The van der Waals surface area contributed by atoms with Gasteiger partial charge in [-0.05, 0) is 12.1 Å². The van der Waals surface area contributed by atoms with Gasteiger partial charge in [-0.15, -0.1) is 0 Å². The van der Waals surface area contributed by atoms with E-state index in [2.05, 4.69) is 15.9 Å². The molecular formula is C11H5BrF3NO2. The van der Waals surface area contributed by atoms with Crippen molar-refractivity contribution in [2.45, 2.75) is 6.18 Å². The van der Waals surface area contributed by atoms with Crippen molar-refractivity contribution >= 4 is 28.0 Å². The fourth-order valence-corrected chi connectivity index (χ4v) is 1.71. The first-order chi connectivity index (χ1) is 8.36. The highest BCUT2D eigenvalue weighted by molar-refractivity contribution is 9.09. The lowest BCUT2D eigenvalue weighted by molar-refractivity contribution is -0.137. The molecule has 0 spiro atoms. The van der Waals surface area contributed by atoms with E-state index < -0.39 is 28.6 Å². The molecule has 0 saturated carbocycles. The van der Waals surface area contributed by atoms with Crippen molar-refractivity contribution < 1.29 is 22.8 Å². The minimum atomic E-state index is -4.76. The predicted molar refractivity (Wildman–Crippen MR) is 59.7 cm³/mol. The quantitative estimate of drug-likeness (QED) is 0.489. The number of nitriles is 1. The third kappa shape index (κ3) is 2.59. The van der Waals surface area contributed by atoms with Gasteiger partial charge < -0.3 is 0 Å². The summed E-state index contributed by atoms with van der Waals surface area (Å²) in [6.07, 6.45) is -4.52. The Bertz CT molecular complexity index is 546. The number of hydrogen-bond acceptors (Lipinski definition) is 3. The number of Topliss-reactive ketones (excluding diaryl/α,β-unsaturated/α-hetero) is 1. The Hall–Kier alpha value is -1.68. The van der Waals surface area contributed by atoms with Crippen LogP contribution < -0.4 is 0 Å². The molecule has 0 aliphatic heterocycles. The number of benzene rings is 1. The molecule has 0 aromatic heterocycles. The average Bonchev–Trinajstić information content (AvgIpc) is 2.34. The van der Waals surface area contributed by atoms with Crippen molar-refractivity contribution in [2.24, 2.45) is 0 Å². The van der Waals surface area contributed by atoms with Gasteiger partial charge in [0, 0.05) is 11.1 Å². The van der Waals surface area contributed by atoms with Gasteiger partial charge in [0.1, 0.15) is 6.07 Å². The molecule has 0 N–H and O–H groups in total. The zero-order valence-corrected chi connectivity index (χ0v) is 10.3. The van der Waals surface area contributed by atoms with Crippen molar-refractivity contribution in [1.82, 2.24) is 0 Å². The molecule has 0 amide bonds. The van der Waals surface area contributed by atoms with Gasteiger partial charge in [-0.1, -0.05) is 15.9 Å². The summed E-state index contributed by atoms with van der Waals surface area (Å²) in [5.74, 6) is -0.900. The van der Waals surface area contributed by atoms with E-state index in [0.29, 0.717) is 6.07 Å². The zero-order valence-electron chi connectivity index (χ0n) is 8.71. The summed E-state index contributed by atoms with van der Waals surface area (Å²) in [6, 6.07) is 2.97. The number of halogens is 4. The van der Waals surface area contributed by atoms with Crippen LogP contribution in [0, 0.1) is 11.3 Å². The van der Waals surface area contributed by atoms with E-state index in [1.54, 1.807) is 0 Å². The van der Waals surface area contributed by atoms with Crippen LogP contribution in [-0.2, 0) is 6.18 Å². The predicted octanol–water partition coefficient (Wildman–Crippen LogP) is 2.97. The Labute approximate surface area is 108 Å². The van der Waals surface area contributed by atoms with E-state index in [-0.39, 0.29) is 17.2 Å². The zero-order chi connectivity index (χ0) is 13.9. The van der Waals surface area contributed by atoms with E-state index in [9.17, 15) is 22.8 Å². The molecule has 1 aromatic carbocycles. The van der Waals surface area contributed by atoms with Crippen molar-refractivity contribution in [3.8, 4) is 6.07 Å². The standard InChI is InChI=1S/C11H5BrF3NO2/c12-3-9(18)10-7(4-16)6(5-17)1-2-8(10)11(13,14)15/h1-2,5H,3H2. The second-order valence-electron chi connectivity index (χ2n) is 3.24. The highest BCUT2D eigenvalue weighted by Gasteiger charge is 2.37. The van der Waals surface area contributed by atoms with Gasteiger partial charge in [0.15, 0.2) is 12.1 Å². The van der Waals surface area contributed by atoms with Crippen LogP contribution in [0.25, 0.3) is 0 Å². The molecule has 0 saturated heterocycles. The number of aldehydes is 1. The van der Waals surface area contributed by atoms with Crippen LogP contribution in [-0.4, -0.2) is 17.4 Å². The number of ketones is 1. The smallest absolute Gasteiger partial charge is 0.298 e. The summed E-state index contributed by atoms with van der Waals surface area (Å²) < 4.78 is 38.2. The number of carbonyl (C=O) groups is 2. The molecule has 1 rings (SSSR count). The summed E-state index contributed by atoms with van der Waals surface area (Å²) in [7, 11) is 0. The van der Waals surface area contributed by atoms with Crippen LogP contribution in [0.5, 0.6) is 0 Å². The van der Waals surface area contributed by atoms with Crippen LogP contribution in [0.2, 0.25) is 0 Å². The number of hydrogen-bond donors (Lipinski definition) is 0. The summed E-state index contributed by atoms with van der Waals surface area (Å²) in [5, 5.41) is 8.45. The van der Waals surface area contributed by atoms with Gasteiger partial charge in [-0.2, -0.15) is 18.4 Å². The van der Waals surface area contributed by atoms with E-state index in [1.807, 2.05) is 0 Å². The van der Waals surface area contributed by atoms with Crippen molar-refractivity contribution in [2.75, 3.05) is 5.33 Å². The molecule has 7 heteroatoms. The SMILES string of the molecule is N#Cc1c(C=O)ccc(C(F)(F)F)c1C(=O)CBr. The number of nitrogens with zero attached hydrogens (tertiary/aromatic N) is 1. The van der Waals surface area contributed by atoms with E-state index >= 15 is 0 Å². The fraction of sp³-hybridized carbons (Fsp3) is 0.182. The van der Waals surface area contributed by atoms with Crippen LogP contribution in [0.3, 0.4) is 0 Å². The maximum atomic E-state index is 12.7. The number of rotatable bonds is 3. The second-order valence-corrected chi connectivity index (χ2v) is 3.80. The first-order valence-corrected chi connectivity index (χ1v) is 5.67. The fourth-order valence-electron chi connectivity index (χ4n) is 1.43. The molecule has 1 aromatic rings. The maximum Gasteiger partial charge on any atom is 0.417 e. The van der Waals surface area contributed by atoms with E-state index in [1.165, 1.54) is 6.07 Å². The monoisotopic (exact) mass is 319 g/mol. The summed E-state index contributed by atoms with van der Waals surface area (Å²) in [5.41, 5.74) is -2.78. The van der Waals surface area contributed by atoms with Crippen LogP contribution in [0.4, 0.5) is 13.2 Å². The average molecular weight is 320 g/mol. The van der Waals surface area contributed by atoms with Crippen molar-refractivity contribution in [1.29, 1.82) is 5.26 Å². The maximum absolute atomic E-state index is 12.7. The van der Waals surface area contributed by atoms with E-state index in [4.69, 9.17) is 5.26 Å². The number of alkyl halides is 4. The molecule has 0 aliphatic carbocycles. The van der Waals surface area contributed by atoms with Gasteiger partial charge >= 0.3 is 6.18 Å². The Morgan fingerprint density at radius 3 is 2.44 bits per heavy atom. The molecular weight excluding hydrogens is 315 g/mol. The second kappa shape index (κ2) is 5.31. The van der Waals surface area contributed by atoms with Gasteiger partial charge in [0.05, 0.1) is 16.5 Å². The van der Waals surface area contributed by atoms with Crippen molar-refractivity contribution in [3.63, 3.8) is 0 Å². The van der Waals surface area contributed by atoms with Gasteiger partial charge in [0.2, 0.25) is 0 Å². The Balaban J connectivity index is 3.72. The first kappa shape index (κ1) is 14.4. The summed E-state index contributed by atoms with van der Waals surface area (Å²) in [4.78, 5) is 22.2. The lowest BCUT2D eigenvalue weighted by atomic mass is 9.94. The molecule has 0 atom stereocenters. The Morgan fingerprint density at radius 2 is 2.06 bits per heavy atom. The van der Waals surface area contributed by atoms with Crippen molar-refractivity contribution in [3.05, 3.63) is 34.4 Å². The molecule has 0 unspecified atom stereocenters. The first-order valence-electron chi connectivity index (χ1n) is 4.55. The lowest BCUT2D eigenvalue weighted by Crippen LogP contribution is -2.17. The Kier molecular flexibility index (Phi) is 4.24. The topological polar surface area (TPSA) is 57.9 Å². The highest BCUT2D eigenvalue weighted by atomic mass is 79.9. The van der Waals surface area contributed by atoms with Crippen LogP contribution in [0.15, 0.2) is 12.1 Å². The Morgan fingerprint density at radius 1 is 1.44 bits per heavy atom. The molecule has 0 radical (unpaired) electrons. The molecule has 0 aliphatic rings. The van der Waals surface area contributed by atoms with Gasteiger partial charge in [-0.3, -0.25) is 9.59 Å². The van der Waals surface area contributed by atoms with Gasteiger partial charge in [-0.25, -0.2) is 0 Å². The third-order valence-electron chi connectivity index (χ3n) is 2.18. The lowest BCUT2D eigenvalue weighted by Gasteiger charge is -2.13. The highest BCUT2D eigenvalue weighted by Crippen LogP contribution is 2.34. The summed E-state index contributed by atoms with van der Waals surface area (Å²) >= 11 is 2.75. The molecule has 0 heterocycles. The molecule has 0 bridgehead atoms. The molecule has 18 heavy (non-hydrogen) atoms. The minimum Gasteiger partial charge on any atom is -0.298 e. The molecule has 3 nitrogen and oxygen atoms in total.